The van der Waals surface area contributed by atoms with Gasteiger partial charge in [0.05, 0.1) is 24.4 Å². The Hall–Kier alpha value is -1.80. The van der Waals surface area contributed by atoms with Crippen molar-refractivity contribution in [3.63, 3.8) is 0 Å². The van der Waals surface area contributed by atoms with E-state index in [1.165, 1.54) is 5.69 Å². The van der Waals surface area contributed by atoms with Crippen molar-refractivity contribution in [2.45, 2.75) is 0 Å². The SMILES string of the molecule is C1CNCCN1.COc1ccccc1Br.COc1ccccc1N1CCNCC1. The van der Waals surface area contributed by atoms with Crippen molar-refractivity contribution in [2.24, 2.45) is 0 Å². The summed E-state index contributed by atoms with van der Waals surface area (Å²) in [6, 6.07) is 15.9. The number of ether oxygens (including phenoxy) is 2. The number of hydrogen-bond acceptors (Lipinski definition) is 6. The summed E-state index contributed by atoms with van der Waals surface area (Å²) in [6.07, 6.45) is 0. The van der Waals surface area contributed by atoms with Crippen molar-refractivity contribution in [3.05, 3.63) is 53.0 Å². The van der Waals surface area contributed by atoms with Gasteiger partial charge in [0.15, 0.2) is 0 Å². The normalized spacial score (nSPS) is 15.9. The second-order valence-electron chi connectivity index (χ2n) is 6.54. The highest BCUT2D eigenvalue weighted by atomic mass is 79.9. The van der Waals surface area contributed by atoms with Crippen LogP contribution in [0.15, 0.2) is 53.0 Å². The Bertz CT molecular complexity index is 681. The first-order valence-corrected chi connectivity index (χ1v) is 10.8. The summed E-state index contributed by atoms with van der Waals surface area (Å²) < 4.78 is 11.3. The molecule has 0 amide bonds. The highest BCUT2D eigenvalue weighted by molar-refractivity contribution is 9.10. The molecular weight excluding hydrogens is 432 g/mol. The van der Waals surface area contributed by atoms with E-state index in [9.17, 15) is 0 Å². The highest BCUT2D eigenvalue weighted by Gasteiger charge is 2.13. The zero-order valence-electron chi connectivity index (χ0n) is 17.4. The molecule has 2 fully saturated rings. The lowest BCUT2D eigenvalue weighted by Gasteiger charge is -2.30. The minimum atomic E-state index is 0.873. The summed E-state index contributed by atoms with van der Waals surface area (Å²) in [5, 5.41) is 9.78. The number of para-hydroxylation sites is 3. The third kappa shape index (κ3) is 8.62. The Morgan fingerprint density at radius 3 is 1.66 bits per heavy atom. The number of rotatable bonds is 3. The van der Waals surface area contributed by atoms with Crippen molar-refractivity contribution in [1.29, 1.82) is 0 Å². The third-order valence-electron chi connectivity index (χ3n) is 4.56. The zero-order chi connectivity index (χ0) is 20.7. The van der Waals surface area contributed by atoms with Gasteiger partial charge in [0.2, 0.25) is 0 Å². The average molecular weight is 465 g/mol. The Balaban J connectivity index is 0.000000171. The quantitative estimate of drug-likeness (QED) is 0.649. The Kier molecular flexibility index (Phi) is 11.5. The first kappa shape index (κ1) is 23.5. The largest absolute Gasteiger partial charge is 0.496 e. The molecule has 0 spiro atoms. The monoisotopic (exact) mass is 464 g/mol. The van der Waals surface area contributed by atoms with Crippen LogP contribution in [-0.4, -0.2) is 66.6 Å². The van der Waals surface area contributed by atoms with Crippen LogP contribution >= 0.6 is 15.9 Å². The van der Waals surface area contributed by atoms with Gasteiger partial charge in [-0.1, -0.05) is 24.3 Å². The third-order valence-corrected chi connectivity index (χ3v) is 5.21. The summed E-state index contributed by atoms with van der Waals surface area (Å²) in [5.41, 5.74) is 1.21. The summed E-state index contributed by atoms with van der Waals surface area (Å²) in [6.45, 7) is 8.77. The topological polar surface area (TPSA) is 57.8 Å². The maximum Gasteiger partial charge on any atom is 0.142 e. The van der Waals surface area contributed by atoms with Crippen molar-refractivity contribution in [3.8, 4) is 11.5 Å². The Morgan fingerprint density at radius 1 is 0.690 bits per heavy atom. The standard InChI is InChI=1S/C11H16N2O.C7H7BrO.C4H10N2/c1-14-11-5-3-2-4-10(11)13-8-6-12-7-9-13;1-9-7-5-3-2-4-6(7)8;1-2-6-4-3-5-1/h2-5,12H,6-9H2,1H3;2-5H,1H3;5-6H,1-4H2. The van der Waals surface area contributed by atoms with Crippen molar-refractivity contribution in [1.82, 2.24) is 16.0 Å². The molecule has 2 aliphatic heterocycles. The first-order chi connectivity index (χ1) is 14.3. The number of anilines is 1. The van der Waals surface area contributed by atoms with Crippen molar-refractivity contribution >= 4 is 21.6 Å². The van der Waals surface area contributed by atoms with Crippen LogP contribution in [0.3, 0.4) is 0 Å². The highest BCUT2D eigenvalue weighted by Crippen LogP contribution is 2.27. The fourth-order valence-electron chi connectivity index (χ4n) is 3.01. The van der Waals surface area contributed by atoms with Gasteiger partial charge in [0.1, 0.15) is 11.5 Å². The molecule has 4 rings (SSSR count). The van der Waals surface area contributed by atoms with Gasteiger partial charge in [-0.25, -0.2) is 0 Å². The van der Waals surface area contributed by atoms with E-state index in [4.69, 9.17) is 9.47 Å². The number of hydrogen-bond donors (Lipinski definition) is 3. The predicted molar refractivity (Wildman–Crippen MR) is 125 cm³/mol. The van der Waals surface area contributed by atoms with E-state index >= 15 is 0 Å². The van der Waals surface area contributed by atoms with Crippen molar-refractivity contribution < 1.29 is 9.47 Å². The van der Waals surface area contributed by atoms with Crippen LogP contribution in [-0.2, 0) is 0 Å². The molecule has 6 nitrogen and oxygen atoms in total. The van der Waals surface area contributed by atoms with Crippen LogP contribution in [0, 0.1) is 0 Å². The van der Waals surface area contributed by atoms with Crippen LogP contribution < -0.4 is 30.3 Å². The van der Waals surface area contributed by atoms with Gasteiger partial charge in [0.25, 0.3) is 0 Å². The molecule has 0 unspecified atom stereocenters. The number of piperazine rings is 2. The fourth-order valence-corrected chi connectivity index (χ4v) is 3.46. The van der Waals surface area contributed by atoms with Crippen LogP contribution in [0.25, 0.3) is 0 Å². The van der Waals surface area contributed by atoms with Gasteiger partial charge < -0.3 is 30.3 Å². The molecule has 2 saturated heterocycles. The molecule has 2 heterocycles. The minimum absolute atomic E-state index is 0.873. The molecule has 0 atom stereocenters. The fraction of sp³-hybridized carbons (Fsp3) is 0.455. The Labute approximate surface area is 183 Å². The molecule has 0 saturated carbocycles. The lowest BCUT2D eigenvalue weighted by atomic mass is 10.2. The van der Waals surface area contributed by atoms with Crippen LogP contribution in [0.4, 0.5) is 5.69 Å². The summed E-state index contributed by atoms with van der Waals surface area (Å²) in [7, 11) is 3.38. The van der Waals surface area contributed by atoms with Gasteiger partial charge in [-0.3, -0.25) is 0 Å². The van der Waals surface area contributed by atoms with E-state index in [-0.39, 0.29) is 0 Å². The van der Waals surface area contributed by atoms with Gasteiger partial charge in [-0.2, -0.15) is 0 Å². The van der Waals surface area contributed by atoms with Gasteiger partial charge >= 0.3 is 0 Å². The lowest BCUT2D eigenvalue weighted by molar-refractivity contribution is 0.412. The van der Waals surface area contributed by atoms with Crippen molar-refractivity contribution in [2.75, 3.05) is 71.5 Å². The average Bonchev–Trinajstić information content (AvgIpc) is 2.82. The number of halogens is 1. The number of nitrogens with one attached hydrogen (secondary N) is 3. The van der Waals surface area contributed by atoms with E-state index < -0.39 is 0 Å². The number of nitrogens with zero attached hydrogens (tertiary/aromatic N) is 1. The molecule has 160 valence electrons. The number of benzene rings is 2. The first-order valence-electron chi connectivity index (χ1n) is 10.0. The molecule has 2 aliphatic rings. The molecule has 0 aromatic heterocycles. The molecule has 0 bridgehead atoms. The molecule has 0 radical (unpaired) electrons. The molecular formula is C22H33BrN4O2. The van der Waals surface area contributed by atoms with E-state index in [2.05, 4.69) is 48.9 Å². The van der Waals surface area contributed by atoms with Crippen LogP contribution in [0.2, 0.25) is 0 Å². The minimum Gasteiger partial charge on any atom is -0.496 e. The molecule has 0 aliphatic carbocycles. The van der Waals surface area contributed by atoms with E-state index in [0.717, 1.165) is 68.3 Å². The van der Waals surface area contributed by atoms with E-state index in [1.807, 2.05) is 36.4 Å². The maximum absolute atomic E-state index is 5.34. The molecule has 3 N–H and O–H groups in total. The summed E-state index contributed by atoms with van der Waals surface area (Å²) >= 11 is 3.33. The van der Waals surface area contributed by atoms with Gasteiger partial charge in [0, 0.05) is 52.4 Å². The van der Waals surface area contributed by atoms with E-state index in [1.54, 1.807) is 14.2 Å². The van der Waals surface area contributed by atoms with Gasteiger partial charge in [-0.15, -0.1) is 0 Å². The molecule has 7 heteroatoms. The second-order valence-corrected chi connectivity index (χ2v) is 7.40. The maximum atomic E-state index is 5.34. The summed E-state index contributed by atoms with van der Waals surface area (Å²) in [4.78, 5) is 2.36. The molecule has 2 aromatic carbocycles. The molecule has 29 heavy (non-hydrogen) atoms. The number of methoxy groups -OCH3 is 2. The summed E-state index contributed by atoms with van der Waals surface area (Å²) in [5.74, 6) is 1.84. The lowest BCUT2D eigenvalue weighted by Crippen LogP contribution is -2.43. The predicted octanol–water partition coefficient (Wildman–Crippen LogP) is 2.74. The molecule has 2 aromatic rings. The smallest absolute Gasteiger partial charge is 0.142 e. The zero-order valence-corrected chi connectivity index (χ0v) is 19.0. The van der Waals surface area contributed by atoms with Gasteiger partial charge in [-0.05, 0) is 40.2 Å². The second kappa shape index (κ2) is 14.2. The van der Waals surface area contributed by atoms with E-state index in [0.29, 0.717) is 0 Å². The Morgan fingerprint density at radius 2 is 1.17 bits per heavy atom. The van der Waals surface area contributed by atoms with Crippen LogP contribution in [0.1, 0.15) is 0 Å². The van der Waals surface area contributed by atoms with Crippen LogP contribution in [0.5, 0.6) is 11.5 Å².